The van der Waals surface area contributed by atoms with Crippen LogP contribution < -0.4 is 5.32 Å². The molecule has 0 aliphatic carbocycles. The molecule has 1 aromatic carbocycles. The van der Waals surface area contributed by atoms with Crippen molar-refractivity contribution in [3.05, 3.63) is 42.0 Å². The topological polar surface area (TPSA) is 49.3 Å². The van der Waals surface area contributed by atoms with E-state index in [0.29, 0.717) is 12.2 Å². The zero-order valence-electron chi connectivity index (χ0n) is 8.03. The summed E-state index contributed by atoms with van der Waals surface area (Å²) < 4.78 is 0. The summed E-state index contributed by atoms with van der Waals surface area (Å²) in [7, 11) is 0. The molecular formula is C11H13NO2. The maximum absolute atomic E-state index is 10.5. The minimum atomic E-state index is -0.940. The van der Waals surface area contributed by atoms with Gasteiger partial charge in [0.15, 0.2) is 0 Å². The summed E-state index contributed by atoms with van der Waals surface area (Å²) in [6.45, 7) is 2.63. The smallest absolute Gasteiger partial charge is 0.330 e. The number of hydrogen-bond acceptors (Lipinski definition) is 2. The van der Waals surface area contributed by atoms with Gasteiger partial charge in [0.25, 0.3) is 0 Å². The first kappa shape index (κ1) is 10.3. The van der Waals surface area contributed by atoms with Gasteiger partial charge in [0.05, 0.1) is 0 Å². The van der Waals surface area contributed by atoms with Crippen LogP contribution in [0.5, 0.6) is 0 Å². The molecule has 74 valence electrons. The van der Waals surface area contributed by atoms with E-state index in [0.717, 1.165) is 5.56 Å². The quantitative estimate of drug-likeness (QED) is 0.712. The Balaban J connectivity index is 2.94. The molecule has 0 unspecified atom stereocenters. The minimum Gasteiger partial charge on any atom is -0.478 e. The van der Waals surface area contributed by atoms with Gasteiger partial charge in [-0.15, -0.1) is 0 Å². The van der Waals surface area contributed by atoms with Crippen LogP contribution in [0.2, 0.25) is 0 Å². The van der Waals surface area contributed by atoms with Crippen LogP contribution in [-0.2, 0) is 4.79 Å². The molecule has 0 radical (unpaired) electrons. The van der Waals surface area contributed by atoms with Crippen LogP contribution in [0.3, 0.4) is 0 Å². The van der Waals surface area contributed by atoms with Gasteiger partial charge in [-0.1, -0.05) is 30.3 Å². The number of carboxylic acids is 1. The van der Waals surface area contributed by atoms with E-state index in [1.807, 2.05) is 37.3 Å². The van der Waals surface area contributed by atoms with E-state index >= 15 is 0 Å². The molecule has 0 bridgehead atoms. The molecule has 0 aliphatic heterocycles. The second-order valence-corrected chi connectivity index (χ2v) is 2.79. The molecule has 2 N–H and O–H groups in total. The van der Waals surface area contributed by atoms with Gasteiger partial charge in [0.2, 0.25) is 0 Å². The van der Waals surface area contributed by atoms with Crippen molar-refractivity contribution >= 4 is 11.7 Å². The molecule has 0 saturated carbocycles. The predicted octanol–water partition coefficient (Wildman–Crippen LogP) is 1.72. The molecule has 0 spiro atoms. The fraction of sp³-hybridized carbons (Fsp3) is 0.182. The number of carboxylic acid groups (broad SMARTS) is 1. The van der Waals surface area contributed by atoms with E-state index in [9.17, 15) is 4.79 Å². The van der Waals surface area contributed by atoms with Crippen molar-refractivity contribution in [2.45, 2.75) is 6.92 Å². The molecule has 1 rings (SSSR count). The van der Waals surface area contributed by atoms with Crippen molar-refractivity contribution in [3.8, 4) is 0 Å². The number of hydrogen-bond donors (Lipinski definition) is 2. The molecule has 14 heavy (non-hydrogen) atoms. The number of rotatable bonds is 4. The van der Waals surface area contributed by atoms with E-state index in [1.54, 1.807) is 0 Å². The highest BCUT2D eigenvalue weighted by molar-refractivity contribution is 5.89. The summed E-state index contributed by atoms with van der Waals surface area (Å²) in [5.41, 5.74) is 1.53. The highest BCUT2D eigenvalue weighted by atomic mass is 16.4. The Labute approximate surface area is 83.1 Å². The van der Waals surface area contributed by atoms with E-state index in [2.05, 4.69) is 5.32 Å². The highest BCUT2D eigenvalue weighted by Crippen LogP contribution is 2.09. The number of nitrogens with one attached hydrogen (secondary N) is 1. The lowest BCUT2D eigenvalue weighted by Crippen LogP contribution is -2.12. The molecule has 0 atom stereocenters. The molecule has 3 heteroatoms. The monoisotopic (exact) mass is 191 g/mol. The van der Waals surface area contributed by atoms with Gasteiger partial charge in [0.1, 0.15) is 0 Å². The summed E-state index contributed by atoms with van der Waals surface area (Å²) >= 11 is 0. The first-order chi connectivity index (χ1) is 6.74. The lowest BCUT2D eigenvalue weighted by atomic mass is 10.1. The summed E-state index contributed by atoms with van der Waals surface area (Å²) in [4.78, 5) is 10.5. The molecule has 3 nitrogen and oxygen atoms in total. The first-order valence-corrected chi connectivity index (χ1v) is 4.48. The molecular weight excluding hydrogens is 178 g/mol. The van der Waals surface area contributed by atoms with Gasteiger partial charge in [-0.25, -0.2) is 4.79 Å². The van der Waals surface area contributed by atoms with E-state index in [-0.39, 0.29) is 0 Å². The summed E-state index contributed by atoms with van der Waals surface area (Å²) in [5, 5.41) is 11.7. The Hall–Kier alpha value is -1.77. The van der Waals surface area contributed by atoms with Crippen molar-refractivity contribution in [2.75, 3.05) is 6.54 Å². The summed E-state index contributed by atoms with van der Waals surface area (Å²) in [5.74, 6) is -0.940. The van der Waals surface area contributed by atoms with Crippen LogP contribution in [0.25, 0.3) is 5.70 Å². The molecule has 0 amide bonds. The zero-order chi connectivity index (χ0) is 10.4. The van der Waals surface area contributed by atoms with Gasteiger partial charge >= 0.3 is 5.97 Å². The highest BCUT2D eigenvalue weighted by Gasteiger charge is 2.01. The average molecular weight is 191 g/mol. The van der Waals surface area contributed by atoms with E-state index in [1.165, 1.54) is 6.08 Å². The standard InChI is InChI=1S/C11H13NO2/c1-2-12-10(8-11(13)14)9-6-4-3-5-7-9/h3-8,12H,2H2,1H3,(H,13,14)/b10-8-. The van der Waals surface area contributed by atoms with Crippen molar-refractivity contribution < 1.29 is 9.90 Å². The minimum absolute atomic E-state index is 0.639. The normalized spacial score (nSPS) is 11.1. The Morgan fingerprint density at radius 3 is 2.57 bits per heavy atom. The van der Waals surface area contributed by atoms with Crippen molar-refractivity contribution in [1.82, 2.24) is 5.32 Å². The molecule has 0 heterocycles. The molecule has 0 aliphatic rings. The van der Waals surface area contributed by atoms with Crippen LogP contribution in [0.4, 0.5) is 0 Å². The van der Waals surface area contributed by atoms with E-state index in [4.69, 9.17) is 5.11 Å². The number of aliphatic carboxylic acids is 1. The lowest BCUT2D eigenvalue weighted by Gasteiger charge is -2.07. The Morgan fingerprint density at radius 2 is 2.07 bits per heavy atom. The number of benzene rings is 1. The van der Waals surface area contributed by atoms with E-state index < -0.39 is 5.97 Å². The van der Waals surface area contributed by atoms with Gasteiger partial charge in [-0.05, 0) is 12.5 Å². The average Bonchev–Trinajstić information content (AvgIpc) is 2.18. The third kappa shape index (κ3) is 2.94. The maximum atomic E-state index is 10.5. The maximum Gasteiger partial charge on any atom is 0.330 e. The van der Waals surface area contributed by atoms with Crippen LogP contribution in [0, 0.1) is 0 Å². The molecule has 1 aromatic rings. The van der Waals surface area contributed by atoms with Crippen molar-refractivity contribution in [1.29, 1.82) is 0 Å². The van der Waals surface area contributed by atoms with Crippen LogP contribution >= 0.6 is 0 Å². The molecule has 0 saturated heterocycles. The Bertz CT molecular complexity index is 330. The van der Waals surface area contributed by atoms with Gasteiger partial charge in [-0.2, -0.15) is 0 Å². The Kier molecular flexibility index (Phi) is 3.73. The van der Waals surface area contributed by atoms with Crippen LogP contribution in [-0.4, -0.2) is 17.6 Å². The zero-order valence-corrected chi connectivity index (χ0v) is 8.03. The van der Waals surface area contributed by atoms with Crippen LogP contribution in [0.1, 0.15) is 12.5 Å². The fourth-order valence-electron chi connectivity index (χ4n) is 1.17. The van der Waals surface area contributed by atoms with Crippen LogP contribution in [0.15, 0.2) is 36.4 Å². The second-order valence-electron chi connectivity index (χ2n) is 2.79. The van der Waals surface area contributed by atoms with Gasteiger partial charge in [0, 0.05) is 18.3 Å². The largest absolute Gasteiger partial charge is 0.478 e. The summed E-state index contributed by atoms with van der Waals surface area (Å²) in [6.07, 6.45) is 1.18. The fourth-order valence-corrected chi connectivity index (χ4v) is 1.17. The number of carbonyl (C=O) groups is 1. The SMILES string of the molecule is CCN/C(=C\C(=O)O)c1ccccc1. The molecule has 0 aromatic heterocycles. The van der Waals surface area contributed by atoms with Gasteiger partial charge in [-0.3, -0.25) is 0 Å². The predicted molar refractivity (Wildman–Crippen MR) is 55.7 cm³/mol. The Morgan fingerprint density at radius 1 is 1.43 bits per heavy atom. The second kappa shape index (κ2) is 5.07. The third-order valence-corrected chi connectivity index (χ3v) is 1.72. The lowest BCUT2D eigenvalue weighted by molar-refractivity contribution is -0.131. The van der Waals surface area contributed by atoms with Crippen molar-refractivity contribution in [3.63, 3.8) is 0 Å². The third-order valence-electron chi connectivity index (χ3n) is 1.72. The van der Waals surface area contributed by atoms with Crippen molar-refractivity contribution in [2.24, 2.45) is 0 Å². The molecule has 0 fully saturated rings. The van der Waals surface area contributed by atoms with Gasteiger partial charge < -0.3 is 10.4 Å². The first-order valence-electron chi connectivity index (χ1n) is 4.48. The summed E-state index contributed by atoms with van der Waals surface area (Å²) in [6, 6.07) is 9.40.